The van der Waals surface area contributed by atoms with E-state index in [1.165, 1.54) is 0 Å². The second kappa shape index (κ2) is 8.41. The number of hydrogen-bond donors (Lipinski definition) is 2. The molecule has 0 saturated carbocycles. The number of para-hydroxylation sites is 1. The Morgan fingerprint density at radius 1 is 1.07 bits per heavy atom. The number of nitrogens with one attached hydrogen (secondary N) is 2. The molecular formula is C24H21ClN2O2. The summed E-state index contributed by atoms with van der Waals surface area (Å²) in [5.41, 5.74) is 4.70. The summed E-state index contributed by atoms with van der Waals surface area (Å²) in [6, 6.07) is 21.1. The molecule has 0 unspecified atom stereocenters. The molecule has 0 atom stereocenters. The SMILES string of the molecule is COc1ccccc1-c1cccc(C(=O)NCCc2c[nH]c3ccc(Cl)cc23)c1. The quantitative estimate of drug-likeness (QED) is 0.447. The molecule has 0 aliphatic heterocycles. The van der Waals surface area contributed by atoms with Gasteiger partial charge in [-0.05, 0) is 53.9 Å². The highest BCUT2D eigenvalue weighted by Gasteiger charge is 2.10. The molecule has 1 amide bonds. The van der Waals surface area contributed by atoms with Gasteiger partial charge >= 0.3 is 0 Å². The summed E-state index contributed by atoms with van der Waals surface area (Å²) in [6.07, 6.45) is 2.69. The average Bonchev–Trinajstić information content (AvgIpc) is 3.15. The number of aromatic nitrogens is 1. The van der Waals surface area contributed by atoms with E-state index in [1.807, 2.05) is 72.9 Å². The van der Waals surface area contributed by atoms with Gasteiger partial charge in [0.05, 0.1) is 7.11 Å². The average molecular weight is 405 g/mol. The molecule has 0 radical (unpaired) electrons. The van der Waals surface area contributed by atoms with Gasteiger partial charge in [-0.2, -0.15) is 0 Å². The number of ether oxygens (including phenoxy) is 1. The van der Waals surface area contributed by atoms with Crippen molar-refractivity contribution in [2.45, 2.75) is 6.42 Å². The molecule has 29 heavy (non-hydrogen) atoms. The van der Waals surface area contributed by atoms with Crippen LogP contribution in [-0.4, -0.2) is 24.5 Å². The molecule has 1 heterocycles. The molecule has 146 valence electrons. The largest absolute Gasteiger partial charge is 0.496 e. The van der Waals surface area contributed by atoms with Crippen molar-refractivity contribution in [1.82, 2.24) is 10.3 Å². The first-order valence-corrected chi connectivity index (χ1v) is 9.80. The molecule has 0 aliphatic carbocycles. The molecule has 0 aliphatic rings. The number of aromatic amines is 1. The number of halogens is 1. The number of amides is 1. The third-order valence-electron chi connectivity index (χ3n) is 4.95. The van der Waals surface area contributed by atoms with Crippen LogP contribution in [0.2, 0.25) is 5.02 Å². The van der Waals surface area contributed by atoms with Crippen LogP contribution < -0.4 is 10.1 Å². The molecule has 1 aromatic heterocycles. The fraction of sp³-hybridized carbons (Fsp3) is 0.125. The highest BCUT2D eigenvalue weighted by atomic mass is 35.5. The summed E-state index contributed by atoms with van der Waals surface area (Å²) in [6.45, 7) is 0.539. The van der Waals surface area contributed by atoms with E-state index in [-0.39, 0.29) is 5.91 Å². The number of hydrogen-bond acceptors (Lipinski definition) is 2. The maximum absolute atomic E-state index is 12.7. The minimum Gasteiger partial charge on any atom is -0.496 e. The van der Waals surface area contributed by atoms with Crippen LogP contribution in [0, 0.1) is 0 Å². The summed E-state index contributed by atoms with van der Waals surface area (Å²) in [5.74, 6) is 0.683. The maximum Gasteiger partial charge on any atom is 0.251 e. The van der Waals surface area contributed by atoms with Crippen molar-refractivity contribution in [2.24, 2.45) is 0 Å². The van der Waals surface area contributed by atoms with Gasteiger partial charge in [-0.25, -0.2) is 0 Å². The lowest BCUT2D eigenvalue weighted by molar-refractivity contribution is 0.0954. The van der Waals surface area contributed by atoms with E-state index in [9.17, 15) is 4.79 Å². The minimum atomic E-state index is -0.0976. The number of H-pyrrole nitrogens is 1. The highest BCUT2D eigenvalue weighted by Crippen LogP contribution is 2.30. The van der Waals surface area contributed by atoms with Crippen LogP contribution >= 0.6 is 11.6 Å². The van der Waals surface area contributed by atoms with Crippen LogP contribution in [0.15, 0.2) is 72.9 Å². The Morgan fingerprint density at radius 2 is 1.93 bits per heavy atom. The molecular weight excluding hydrogens is 384 g/mol. The smallest absolute Gasteiger partial charge is 0.251 e. The zero-order valence-electron chi connectivity index (χ0n) is 16.0. The van der Waals surface area contributed by atoms with Crippen molar-refractivity contribution in [3.8, 4) is 16.9 Å². The molecule has 2 N–H and O–H groups in total. The zero-order valence-corrected chi connectivity index (χ0v) is 16.8. The van der Waals surface area contributed by atoms with Crippen LogP contribution in [0.25, 0.3) is 22.0 Å². The third-order valence-corrected chi connectivity index (χ3v) is 5.19. The zero-order chi connectivity index (χ0) is 20.2. The van der Waals surface area contributed by atoms with Crippen LogP contribution in [0.3, 0.4) is 0 Å². The second-order valence-electron chi connectivity index (χ2n) is 6.79. The fourth-order valence-corrected chi connectivity index (χ4v) is 3.65. The molecule has 0 saturated heterocycles. The summed E-state index contributed by atoms with van der Waals surface area (Å²) in [5, 5.41) is 4.80. The van der Waals surface area contributed by atoms with E-state index in [4.69, 9.17) is 16.3 Å². The van der Waals surface area contributed by atoms with Gasteiger partial charge in [0.1, 0.15) is 5.75 Å². The highest BCUT2D eigenvalue weighted by molar-refractivity contribution is 6.31. The Hall–Kier alpha value is -3.24. The number of rotatable bonds is 6. The van der Waals surface area contributed by atoms with Gasteiger partial charge in [-0.3, -0.25) is 4.79 Å². The van der Waals surface area contributed by atoms with Gasteiger partial charge in [-0.1, -0.05) is 41.9 Å². The van der Waals surface area contributed by atoms with E-state index in [2.05, 4.69) is 10.3 Å². The van der Waals surface area contributed by atoms with Crippen molar-refractivity contribution in [2.75, 3.05) is 13.7 Å². The van der Waals surface area contributed by atoms with E-state index in [0.717, 1.165) is 39.8 Å². The maximum atomic E-state index is 12.7. The molecule has 5 heteroatoms. The molecule has 4 aromatic rings. The first-order valence-electron chi connectivity index (χ1n) is 9.43. The van der Waals surface area contributed by atoms with E-state index in [0.29, 0.717) is 17.1 Å². The molecule has 3 aromatic carbocycles. The summed E-state index contributed by atoms with van der Waals surface area (Å²) >= 11 is 6.11. The minimum absolute atomic E-state index is 0.0976. The lowest BCUT2D eigenvalue weighted by atomic mass is 10.0. The Kier molecular flexibility index (Phi) is 5.54. The number of benzene rings is 3. The first kappa shape index (κ1) is 19.1. The summed E-state index contributed by atoms with van der Waals surface area (Å²) in [4.78, 5) is 15.9. The van der Waals surface area contributed by atoms with E-state index >= 15 is 0 Å². The topological polar surface area (TPSA) is 54.1 Å². The van der Waals surface area contributed by atoms with Crippen molar-refractivity contribution < 1.29 is 9.53 Å². The predicted octanol–water partition coefficient (Wildman–Crippen LogP) is 5.47. The molecule has 4 nitrogen and oxygen atoms in total. The Bertz CT molecular complexity index is 1170. The molecule has 0 bridgehead atoms. The molecule has 0 spiro atoms. The Labute approximate surface area is 174 Å². The van der Waals surface area contributed by atoms with Crippen LogP contribution in [-0.2, 0) is 6.42 Å². The van der Waals surface area contributed by atoms with Crippen LogP contribution in [0.5, 0.6) is 5.75 Å². The van der Waals surface area contributed by atoms with Crippen molar-refractivity contribution in [3.63, 3.8) is 0 Å². The van der Waals surface area contributed by atoms with Gasteiger partial charge in [0.25, 0.3) is 5.91 Å². The van der Waals surface area contributed by atoms with Crippen LogP contribution in [0.1, 0.15) is 15.9 Å². The number of carbonyl (C=O) groups excluding carboxylic acids is 1. The lowest BCUT2D eigenvalue weighted by Crippen LogP contribution is -2.25. The summed E-state index contributed by atoms with van der Waals surface area (Å²) in [7, 11) is 1.65. The van der Waals surface area contributed by atoms with Gasteiger partial charge < -0.3 is 15.0 Å². The van der Waals surface area contributed by atoms with E-state index in [1.54, 1.807) is 7.11 Å². The van der Waals surface area contributed by atoms with Crippen molar-refractivity contribution in [3.05, 3.63) is 89.1 Å². The summed E-state index contributed by atoms with van der Waals surface area (Å²) < 4.78 is 5.44. The predicted molar refractivity (Wildman–Crippen MR) is 118 cm³/mol. The Morgan fingerprint density at radius 3 is 2.79 bits per heavy atom. The van der Waals surface area contributed by atoms with E-state index < -0.39 is 0 Å². The van der Waals surface area contributed by atoms with Gasteiger partial charge in [-0.15, -0.1) is 0 Å². The lowest BCUT2D eigenvalue weighted by Gasteiger charge is -2.10. The Balaban J connectivity index is 1.45. The standard InChI is InChI=1S/C24H21ClN2O2/c1-29-23-8-3-2-7-20(23)16-5-4-6-17(13-16)24(28)26-12-11-18-15-27-22-10-9-19(25)14-21(18)22/h2-10,13-15,27H,11-12H2,1H3,(H,26,28). The van der Waals surface area contributed by atoms with Gasteiger partial charge in [0, 0.05) is 39.8 Å². The van der Waals surface area contributed by atoms with Gasteiger partial charge in [0.15, 0.2) is 0 Å². The molecule has 4 rings (SSSR count). The number of carbonyl (C=O) groups is 1. The normalized spacial score (nSPS) is 10.8. The van der Waals surface area contributed by atoms with Gasteiger partial charge in [0.2, 0.25) is 0 Å². The van der Waals surface area contributed by atoms with Crippen LogP contribution in [0.4, 0.5) is 0 Å². The monoisotopic (exact) mass is 404 g/mol. The third kappa shape index (κ3) is 4.13. The number of fused-ring (bicyclic) bond motifs is 1. The first-order chi connectivity index (χ1) is 14.2. The number of methoxy groups -OCH3 is 1. The van der Waals surface area contributed by atoms with Crippen molar-refractivity contribution >= 4 is 28.4 Å². The van der Waals surface area contributed by atoms with Crippen molar-refractivity contribution in [1.29, 1.82) is 0 Å². The molecule has 0 fully saturated rings. The second-order valence-corrected chi connectivity index (χ2v) is 7.23. The fourth-order valence-electron chi connectivity index (χ4n) is 3.48.